The molecule has 0 unspecified atom stereocenters. The zero-order chi connectivity index (χ0) is 16.6. The average molecular weight is 356 g/mol. The summed E-state index contributed by atoms with van der Waals surface area (Å²) in [5.41, 5.74) is 0.914. The number of rotatable bonds is 3. The van der Waals surface area contributed by atoms with Crippen LogP contribution in [0.4, 0.5) is 8.78 Å². The minimum atomic E-state index is -0.518. The Morgan fingerprint density at radius 3 is 2.13 bits per heavy atom. The molecule has 0 atom stereocenters. The fourth-order valence-corrected chi connectivity index (χ4v) is 2.64. The van der Waals surface area contributed by atoms with Crippen LogP contribution in [0.25, 0.3) is 22.6 Å². The van der Waals surface area contributed by atoms with Gasteiger partial charge in [0.2, 0.25) is 0 Å². The molecule has 3 nitrogen and oxygen atoms in total. The van der Waals surface area contributed by atoms with Gasteiger partial charge in [0.05, 0.1) is 22.2 Å². The summed E-state index contributed by atoms with van der Waals surface area (Å²) < 4.78 is 32.1. The molecule has 118 valence electrons. The summed E-state index contributed by atoms with van der Waals surface area (Å²) in [4.78, 5) is 0. The van der Waals surface area contributed by atoms with Crippen LogP contribution in [0.2, 0.25) is 10.0 Å². The Kier molecular flexibility index (Phi) is 4.35. The zero-order valence-electron chi connectivity index (χ0n) is 11.5. The minimum absolute atomic E-state index is 0.104. The molecule has 0 saturated carbocycles. The second kappa shape index (κ2) is 6.28. The molecule has 1 heterocycles. The van der Waals surface area contributed by atoms with Gasteiger partial charge in [0.15, 0.2) is 5.76 Å². The van der Waals surface area contributed by atoms with Gasteiger partial charge in [-0.05, 0) is 36.4 Å². The molecule has 0 aliphatic heterocycles. The molecule has 0 saturated heterocycles. The Balaban J connectivity index is 2.21. The predicted octanol–water partition coefficient (Wildman–Crippen LogP) is 5.09. The van der Waals surface area contributed by atoms with Crippen molar-refractivity contribution >= 4 is 23.2 Å². The molecule has 1 N–H and O–H groups in total. The third-order valence-electron chi connectivity index (χ3n) is 3.30. The van der Waals surface area contributed by atoms with E-state index >= 15 is 0 Å². The van der Waals surface area contributed by atoms with E-state index < -0.39 is 18.2 Å². The third-order valence-corrected chi connectivity index (χ3v) is 3.96. The Bertz CT molecular complexity index is 812. The van der Waals surface area contributed by atoms with Crippen molar-refractivity contribution in [1.29, 1.82) is 0 Å². The van der Waals surface area contributed by atoms with Gasteiger partial charge in [0, 0.05) is 11.1 Å². The van der Waals surface area contributed by atoms with E-state index in [2.05, 4.69) is 5.16 Å². The summed E-state index contributed by atoms with van der Waals surface area (Å²) in [7, 11) is 0. The van der Waals surface area contributed by atoms with Gasteiger partial charge in [0.25, 0.3) is 0 Å². The van der Waals surface area contributed by atoms with Crippen LogP contribution in [0.1, 0.15) is 5.56 Å². The largest absolute Gasteiger partial charge is 0.391 e. The molecule has 0 aliphatic rings. The molecule has 0 fully saturated rings. The van der Waals surface area contributed by atoms with Crippen LogP contribution in [0.3, 0.4) is 0 Å². The fraction of sp³-hybridized carbons (Fsp3) is 0.0625. The van der Waals surface area contributed by atoms with Gasteiger partial charge in [-0.2, -0.15) is 0 Å². The summed E-state index contributed by atoms with van der Waals surface area (Å²) in [6, 6.07) is 7.48. The lowest BCUT2D eigenvalue weighted by atomic mass is 10.0. The van der Waals surface area contributed by atoms with E-state index in [1.807, 2.05) is 0 Å². The van der Waals surface area contributed by atoms with Crippen molar-refractivity contribution in [2.45, 2.75) is 6.61 Å². The molecule has 7 heteroatoms. The van der Waals surface area contributed by atoms with Crippen LogP contribution in [-0.2, 0) is 6.61 Å². The van der Waals surface area contributed by atoms with E-state index in [4.69, 9.17) is 27.7 Å². The monoisotopic (exact) mass is 355 g/mol. The molecule has 2 aromatic carbocycles. The smallest absolute Gasteiger partial charge is 0.174 e. The van der Waals surface area contributed by atoms with Gasteiger partial charge in [0.1, 0.15) is 17.3 Å². The Morgan fingerprint density at radius 1 is 0.957 bits per heavy atom. The second-order valence-corrected chi connectivity index (χ2v) is 5.56. The highest BCUT2D eigenvalue weighted by Gasteiger charge is 2.22. The predicted molar refractivity (Wildman–Crippen MR) is 83.2 cm³/mol. The van der Waals surface area contributed by atoms with Gasteiger partial charge in [-0.15, -0.1) is 0 Å². The van der Waals surface area contributed by atoms with Crippen LogP contribution in [0, 0.1) is 11.6 Å². The summed E-state index contributed by atoms with van der Waals surface area (Å²) in [6.45, 7) is -0.464. The molecule has 3 rings (SSSR count). The maximum absolute atomic E-state index is 13.5. The average Bonchev–Trinajstić information content (AvgIpc) is 2.95. The maximum atomic E-state index is 13.5. The highest BCUT2D eigenvalue weighted by molar-refractivity contribution is 6.34. The fourth-order valence-electron chi connectivity index (χ4n) is 2.23. The van der Waals surface area contributed by atoms with Gasteiger partial charge in [-0.25, -0.2) is 8.78 Å². The number of aromatic nitrogens is 1. The van der Waals surface area contributed by atoms with E-state index in [-0.39, 0.29) is 38.2 Å². The second-order valence-electron chi connectivity index (χ2n) is 4.75. The number of aliphatic hydroxyl groups excluding tert-OH is 1. The van der Waals surface area contributed by atoms with Gasteiger partial charge in [-0.1, -0.05) is 28.4 Å². The number of hydrogen-bond donors (Lipinski definition) is 1. The van der Waals surface area contributed by atoms with Crippen LogP contribution >= 0.6 is 23.2 Å². The van der Waals surface area contributed by atoms with E-state index in [9.17, 15) is 13.9 Å². The SMILES string of the molecule is OCc1c(-c2cc(F)ccc2Cl)noc1-c1cc(F)ccc1Cl. The summed E-state index contributed by atoms with van der Waals surface area (Å²) in [5.74, 6) is -0.927. The Labute approximate surface area is 140 Å². The third kappa shape index (κ3) is 2.95. The molecular weight excluding hydrogens is 347 g/mol. The first kappa shape index (κ1) is 15.9. The number of benzene rings is 2. The van der Waals surface area contributed by atoms with Gasteiger partial charge < -0.3 is 9.63 Å². The lowest BCUT2D eigenvalue weighted by molar-refractivity contribution is 0.281. The molecule has 1 aromatic heterocycles. The normalized spacial score (nSPS) is 11.0. The van der Waals surface area contributed by atoms with Crippen LogP contribution in [0.5, 0.6) is 0 Å². The standard InChI is InChI=1S/C16H9Cl2F2NO2/c17-13-3-1-8(19)5-10(13)15-12(7-22)16(23-21-15)11-6-9(20)2-4-14(11)18/h1-6,22H,7H2. The lowest BCUT2D eigenvalue weighted by Crippen LogP contribution is -1.91. The van der Waals surface area contributed by atoms with Crippen molar-refractivity contribution in [2.24, 2.45) is 0 Å². The van der Waals surface area contributed by atoms with Crippen molar-refractivity contribution < 1.29 is 18.4 Å². The Hall–Kier alpha value is -1.95. The summed E-state index contributed by atoms with van der Waals surface area (Å²) >= 11 is 12.1. The van der Waals surface area contributed by atoms with E-state index in [1.54, 1.807) is 0 Å². The van der Waals surface area contributed by atoms with Crippen molar-refractivity contribution in [3.8, 4) is 22.6 Å². The number of halogens is 4. The highest BCUT2D eigenvalue weighted by atomic mass is 35.5. The first-order valence-electron chi connectivity index (χ1n) is 6.51. The first-order chi connectivity index (χ1) is 11.0. The molecule has 0 radical (unpaired) electrons. The molecule has 23 heavy (non-hydrogen) atoms. The lowest BCUT2D eigenvalue weighted by Gasteiger charge is -2.05. The van der Waals surface area contributed by atoms with Crippen molar-refractivity contribution in [3.05, 3.63) is 63.6 Å². The topological polar surface area (TPSA) is 46.3 Å². The van der Waals surface area contributed by atoms with E-state index in [0.29, 0.717) is 0 Å². The van der Waals surface area contributed by atoms with Crippen LogP contribution in [0.15, 0.2) is 40.9 Å². The quantitative estimate of drug-likeness (QED) is 0.711. The van der Waals surface area contributed by atoms with Gasteiger partial charge >= 0.3 is 0 Å². The minimum Gasteiger partial charge on any atom is -0.391 e. The molecule has 0 aliphatic carbocycles. The Morgan fingerprint density at radius 2 is 1.52 bits per heavy atom. The molecule has 3 aromatic rings. The maximum Gasteiger partial charge on any atom is 0.174 e. The van der Waals surface area contributed by atoms with Crippen molar-refractivity contribution in [1.82, 2.24) is 5.16 Å². The molecule has 0 bridgehead atoms. The van der Waals surface area contributed by atoms with E-state index in [1.165, 1.54) is 36.4 Å². The molecule has 0 amide bonds. The highest BCUT2D eigenvalue weighted by Crippen LogP contribution is 2.38. The van der Waals surface area contributed by atoms with Gasteiger partial charge in [-0.3, -0.25) is 0 Å². The van der Waals surface area contributed by atoms with Crippen LogP contribution in [-0.4, -0.2) is 10.3 Å². The van der Waals surface area contributed by atoms with Crippen molar-refractivity contribution in [3.63, 3.8) is 0 Å². The summed E-state index contributed by atoms with van der Waals surface area (Å²) in [6.07, 6.45) is 0. The van der Waals surface area contributed by atoms with E-state index in [0.717, 1.165) is 0 Å². The first-order valence-corrected chi connectivity index (χ1v) is 7.27. The summed E-state index contributed by atoms with van der Waals surface area (Å²) in [5, 5.41) is 14.0. The van der Waals surface area contributed by atoms with Crippen LogP contribution < -0.4 is 0 Å². The molecule has 0 spiro atoms. The van der Waals surface area contributed by atoms with Crippen molar-refractivity contribution in [2.75, 3.05) is 0 Å². The molecular formula is C16H9Cl2F2NO2. The number of aliphatic hydroxyl groups is 1. The number of hydrogen-bond acceptors (Lipinski definition) is 3. The zero-order valence-corrected chi connectivity index (χ0v) is 13.0. The number of nitrogens with zero attached hydrogens (tertiary/aromatic N) is 1.